The Morgan fingerprint density at radius 2 is 1.89 bits per heavy atom. The van der Waals surface area contributed by atoms with Crippen LogP contribution in [0.4, 0.5) is 0 Å². The average molecular weight is 262 g/mol. The normalized spacial score (nSPS) is 13.6. The molecule has 1 heterocycles. The number of nitrogens with two attached hydrogens (primary N) is 1. The Kier molecular flexibility index (Phi) is 3.75. The largest absolute Gasteiger partial charge is 0.271 e. The highest BCUT2D eigenvalue weighted by atomic mass is 32.1. The number of hydrogen-bond donors (Lipinski definition) is 2. The molecule has 0 saturated carbocycles. The number of nitrogens with one attached hydrogen (secondary N) is 1. The third-order valence-electron chi connectivity index (χ3n) is 2.95. The number of nitrogens with zero attached hydrogens (tertiary/aromatic N) is 2. The fourth-order valence-electron chi connectivity index (χ4n) is 1.83. The maximum atomic E-state index is 5.61. The molecule has 2 aromatic rings. The van der Waals surface area contributed by atoms with Crippen molar-refractivity contribution >= 4 is 11.7 Å². The zero-order chi connectivity index (χ0) is 13.2. The van der Waals surface area contributed by atoms with Gasteiger partial charge in [-0.25, -0.2) is 5.43 Å². The summed E-state index contributed by atoms with van der Waals surface area (Å²) in [6, 6.07) is 8.35. The van der Waals surface area contributed by atoms with Gasteiger partial charge in [0.25, 0.3) is 0 Å². The van der Waals surface area contributed by atoms with E-state index in [1.165, 1.54) is 17.3 Å². The Labute approximate surface area is 112 Å². The van der Waals surface area contributed by atoms with Crippen molar-refractivity contribution in [2.24, 2.45) is 5.84 Å². The van der Waals surface area contributed by atoms with Gasteiger partial charge >= 0.3 is 0 Å². The van der Waals surface area contributed by atoms with Crippen LogP contribution in [-0.4, -0.2) is 8.75 Å². The van der Waals surface area contributed by atoms with Gasteiger partial charge in [0.15, 0.2) is 0 Å². The van der Waals surface area contributed by atoms with Crippen LogP contribution in [0.25, 0.3) is 0 Å². The highest BCUT2D eigenvalue weighted by Gasteiger charge is 2.17. The maximum absolute atomic E-state index is 5.61. The predicted molar refractivity (Wildman–Crippen MR) is 74.2 cm³/mol. The van der Waals surface area contributed by atoms with Crippen molar-refractivity contribution < 1.29 is 0 Å². The standard InChI is InChI=1S/C13H18N4S/c1-13(2,3)10-6-4-9(5-7-10)12(16-14)11-8-15-18-17-11/h4-8,12,16H,14H2,1-3H3. The summed E-state index contributed by atoms with van der Waals surface area (Å²) >= 11 is 1.19. The minimum Gasteiger partial charge on any atom is -0.271 e. The Bertz CT molecular complexity index is 485. The van der Waals surface area contributed by atoms with Crippen molar-refractivity contribution in [1.29, 1.82) is 0 Å². The topological polar surface area (TPSA) is 63.8 Å². The van der Waals surface area contributed by atoms with Crippen LogP contribution >= 0.6 is 11.7 Å². The summed E-state index contributed by atoms with van der Waals surface area (Å²) in [7, 11) is 0. The van der Waals surface area contributed by atoms with Crippen molar-refractivity contribution in [2.75, 3.05) is 0 Å². The first-order valence-corrected chi connectivity index (χ1v) is 6.59. The van der Waals surface area contributed by atoms with E-state index in [0.29, 0.717) is 0 Å². The highest BCUT2D eigenvalue weighted by Crippen LogP contribution is 2.25. The van der Waals surface area contributed by atoms with Crippen LogP contribution < -0.4 is 11.3 Å². The van der Waals surface area contributed by atoms with Crippen LogP contribution in [0.1, 0.15) is 43.6 Å². The van der Waals surface area contributed by atoms with Gasteiger partial charge in [-0.15, -0.1) is 0 Å². The van der Waals surface area contributed by atoms with Crippen LogP contribution in [0.15, 0.2) is 30.5 Å². The lowest BCUT2D eigenvalue weighted by atomic mass is 9.86. The van der Waals surface area contributed by atoms with Gasteiger partial charge in [0.05, 0.1) is 29.7 Å². The number of aromatic nitrogens is 2. The molecular formula is C13H18N4S. The zero-order valence-electron chi connectivity index (χ0n) is 10.8. The van der Waals surface area contributed by atoms with Gasteiger partial charge in [0.2, 0.25) is 0 Å². The lowest BCUT2D eigenvalue weighted by Gasteiger charge is -2.20. The first-order chi connectivity index (χ1) is 8.52. The molecule has 0 aliphatic heterocycles. The first-order valence-electron chi connectivity index (χ1n) is 5.86. The smallest absolute Gasteiger partial charge is 0.0970 e. The van der Waals surface area contributed by atoms with Gasteiger partial charge in [0.1, 0.15) is 0 Å². The third-order valence-corrected chi connectivity index (χ3v) is 3.44. The second kappa shape index (κ2) is 5.14. The molecule has 1 aromatic carbocycles. The summed E-state index contributed by atoms with van der Waals surface area (Å²) in [4.78, 5) is 0. The molecule has 0 aliphatic carbocycles. The monoisotopic (exact) mass is 262 g/mol. The molecule has 1 unspecified atom stereocenters. The lowest BCUT2D eigenvalue weighted by Crippen LogP contribution is -2.29. The van der Waals surface area contributed by atoms with Crippen molar-refractivity contribution in [3.8, 4) is 0 Å². The summed E-state index contributed by atoms with van der Waals surface area (Å²) in [6.07, 6.45) is 1.74. The van der Waals surface area contributed by atoms with Crippen LogP contribution in [0.3, 0.4) is 0 Å². The minimum atomic E-state index is -0.0993. The van der Waals surface area contributed by atoms with Gasteiger partial charge in [0, 0.05) is 0 Å². The summed E-state index contributed by atoms with van der Waals surface area (Å²) in [5.41, 5.74) is 6.19. The summed E-state index contributed by atoms with van der Waals surface area (Å²) in [5, 5.41) is 0. The van der Waals surface area contributed by atoms with Gasteiger partial charge in [-0.2, -0.15) is 8.75 Å². The molecule has 0 spiro atoms. The molecule has 0 aliphatic rings. The van der Waals surface area contributed by atoms with Gasteiger partial charge < -0.3 is 0 Å². The molecule has 1 atom stereocenters. The van der Waals surface area contributed by atoms with Crippen molar-refractivity contribution in [1.82, 2.24) is 14.2 Å². The molecule has 4 nitrogen and oxygen atoms in total. The molecule has 0 fully saturated rings. The van der Waals surface area contributed by atoms with Crippen LogP contribution in [0, 0.1) is 0 Å². The average Bonchev–Trinajstić information content (AvgIpc) is 2.83. The minimum absolute atomic E-state index is 0.0993. The number of hydrogen-bond acceptors (Lipinski definition) is 5. The molecule has 18 heavy (non-hydrogen) atoms. The second-order valence-corrected chi connectivity index (χ2v) is 5.86. The molecule has 96 valence electrons. The predicted octanol–water partition coefficient (Wildman–Crippen LogP) is 2.39. The molecule has 3 N–H and O–H groups in total. The van der Waals surface area contributed by atoms with Crippen molar-refractivity contribution in [3.05, 3.63) is 47.3 Å². The zero-order valence-corrected chi connectivity index (χ0v) is 11.7. The molecule has 0 radical (unpaired) electrons. The van der Waals surface area contributed by atoms with E-state index < -0.39 is 0 Å². The quantitative estimate of drug-likeness (QED) is 0.658. The van der Waals surface area contributed by atoms with E-state index in [1.807, 2.05) is 0 Å². The van der Waals surface area contributed by atoms with E-state index in [4.69, 9.17) is 5.84 Å². The Morgan fingerprint density at radius 3 is 2.33 bits per heavy atom. The second-order valence-electron chi connectivity index (χ2n) is 5.30. The van der Waals surface area contributed by atoms with E-state index in [9.17, 15) is 0 Å². The summed E-state index contributed by atoms with van der Waals surface area (Å²) < 4.78 is 8.23. The summed E-state index contributed by atoms with van der Waals surface area (Å²) in [5.74, 6) is 5.61. The van der Waals surface area contributed by atoms with Gasteiger partial charge in [-0.3, -0.25) is 5.84 Å². The van der Waals surface area contributed by atoms with Crippen LogP contribution in [0.5, 0.6) is 0 Å². The Hall–Kier alpha value is -1.30. The molecule has 0 bridgehead atoms. The maximum Gasteiger partial charge on any atom is 0.0970 e. The lowest BCUT2D eigenvalue weighted by molar-refractivity contribution is 0.587. The van der Waals surface area contributed by atoms with Gasteiger partial charge in [-0.05, 0) is 16.5 Å². The number of hydrazine groups is 1. The molecule has 0 saturated heterocycles. The van der Waals surface area contributed by atoms with E-state index >= 15 is 0 Å². The number of rotatable bonds is 3. The Morgan fingerprint density at radius 1 is 1.22 bits per heavy atom. The fourth-order valence-corrected chi connectivity index (χ4v) is 2.28. The SMILES string of the molecule is CC(C)(C)c1ccc(C(NN)c2cnsn2)cc1. The van der Waals surface area contributed by atoms with Crippen molar-refractivity contribution in [2.45, 2.75) is 32.2 Å². The van der Waals surface area contributed by atoms with Crippen molar-refractivity contribution in [3.63, 3.8) is 0 Å². The molecule has 1 aromatic heterocycles. The van der Waals surface area contributed by atoms with E-state index in [1.54, 1.807) is 6.20 Å². The summed E-state index contributed by atoms with van der Waals surface area (Å²) in [6.45, 7) is 6.60. The first kappa shape index (κ1) is 13.1. The Balaban J connectivity index is 2.28. The highest BCUT2D eigenvalue weighted by molar-refractivity contribution is 6.99. The van der Waals surface area contributed by atoms with Crippen LogP contribution in [0.2, 0.25) is 0 Å². The molecular weight excluding hydrogens is 244 g/mol. The number of benzene rings is 1. The molecule has 2 rings (SSSR count). The molecule has 5 heteroatoms. The van der Waals surface area contributed by atoms with Gasteiger partial charge in [-0.1, -0.05) is 45.0 Å². The third kappa shape index (κ3) is 2.75. The van der Waals surface area contributed by atoms with E-state index in [-0.39, 0.29) is 11.5 Å². The fraction of sp³-hybridized carbons (Fsp3) is 0.385. The molecule has 0 amide bonds. The van der Waals surface area contributed by atoms with E-state index in [0.717, 1.165) is 11.3 Å². The van der Waals surface area contributed by atoms with E-state index in [2.05, 4.69) is 59.2 Å². The van der Waals surface area contributed by atoms with Crippen LogP contribution in [-0.2, 0) is 5.41 Å².